The maximum Gasteiger partial charge on any atom is 0.269 e. The van der Waals surface area contributed by atoms with Crippen LogP contribution in [0.5, 0.6) is 0 Å². The molecule has 0 radical (unpaired) electrons. The van der Waals surface area contributed by atoms with Gasteiger partial charge in [-0.1, -0.05) is 12.1 Å². The minimum absolute atomic E-state index is 0.00380. The van der Waals surface area contributed by atoms with E-state index in [2.05, 4.69) is 10.3 Å². The molecule has 3 aromatic rings. The van der Waals surface area contributed by atoms with E-state index in [9.17, 15) is 19.8 Å². The number of nitrogens with zero attached hydrogens (tertiary/aromatic N) is 3. The van der Waals surface area contributed by atoms with Crippen LogP contribution in [0.2, 0.25) is 0 Å². The predicted molar refractivity (Wildman–Crippen MR) is 97.8 cm³/mol. The summed E-state index contributed by atoms with van der Waals surface area (Å²) < 4.78 is 13.6. The van der Waals surface area contributed by atoms with Crippen molar-refractivity contribution in [3.63, 3.8) is 0 Å². The molecular weight excluding hydrogens is 355 g/mol. The van der Waals surface area contributed by atoms with Crippen LogP contribution in [0.1, 0.15) is 5.01 Å². The topological polar surface area (TPSA) is 91.8 Å². The predicted octanol–water partition coefficient (Wildman–Crippen LogP) is 4.83. The maximum atomic E-state index is 13.6. The van der Waals surface area contributed by atoms with E-state index in [-0.39, 0.29) is 16.9 Å². The number of hydrogen-bond donors (Lipinski definition) is 1. The first-order valence-electron chi connectivity index (χ1n) is 7.40. The van der Waals surface area contributed by atoms with Gasteiger partial charge in [0.15, 0.2) is 0 Å². The van der Waals surface area contributed by atoms with Crippen molar-refractivity contribution in [3.8, 4) is 17.3 Å². The molecule has 0 fully saturated rings. The summed E-state index contributed by atoms with van der Waals surface area (Å²) in [5.41, 5.74) is 1.82. The molecule has 1 N–H and O–H groups in total. The summed E-state index contributed by atoms with van der Waals surface area (Å²) >= 11 is 1.26. The van der Waals surface area contributed by atoms with Gasteiger partial charge in [0.1, 0.15) is 22.5 Å². The molecule has 0 saturated heterocycles. The summed E-state index contributed by atoms with van der Waals surface area (Å²) in [7, 11) is 0. The SMILES string of the molecule is N#CC(=CNc1ccccc1F)c1nc(-c2ccc([N+](=O)[O-])cc2)cs1. The van der Waals surface area contributed by atoms with Crippen LogP contribution in [0, 0.1) is 27.3 Å². The molecule has 0 saturated carbocycles. The average Bonchev–Trinajstić information content (AvgIpc) is 3.14. The first kappa shape index (κ1) is 17.3. The van der Waals surface area contributed by atoms with Crippen LogP contribution in [0.4, 0.5) is 15.8 Å². The molecule has 1 heterocycles. The highest BCUT2D eigenvalue weighted by atomic mass is 32.1. The molecule has 0 spiro atoms. The van der Waals surface area contributed by atoms with Crippen molar-refractivity contribution in [2.75, 3.05) is 5.32 Å². The Balaban J connectivity index is 1.83. The lowest BCUT2D eigenvalue weighted by Gasteiger charge is -2.02. The molecule has 0 bridgehead atoms. The number of halogens is 1. The number of nitriles is 1. The van der Waals surface area contributed by atoms with Crippen LogP contribution >= 0.6 is 11.3 Å². The third-order valence-corrected chi connectivity index (χ3v) is 4.35. The van der Waals surface area contributed by atoms with Crippen molar-refractivity contribution < 1.29 is 9.31 Å². The van der Waals surface area contributed by atoms with Crippen molar-refractivity contribution in [2.24, 2.45) is 0 Å². The highest BCUT2D eigenvalue weighted by Gasteiger charge is 2.11. The lowest BCUT2D eigenvalue weighted by atomic mass is 10.1. The number of thiazole rings is 1. The van der Waals surface area contributed by atoms with Gasteiger partial charge < -0.3 is 5.32 Å². The van der Waals surface area contributed by atoms with E-state index < -0.39 is 10.7 Å². The molecule has 0 aliphatic carbocycles. The lowest BCUT2D eigenvalue weighted by Crippen LogP contribution is -1.93. The number of nitro groups is 1. The first-order chi connectivity index (χ1) is 12.6. The van der Waals surface area contributed by atoms with Gasteiger partial charge in [0.2, 0.25) is 0 Å². The fourth-order valence-corrected chi connectivity index (χ4v) is 2.95. The fourth-order valence-electron chi connectivity index (χ4n) is 2.15. The number of non-ortho nitro benzene ring substituents is 1. The standard InChI is InChI=1S/C18H11FN4O2S/c19-15-3-1-2-4-16(15)21-10-13(9-20)18-22-17(11-26-18)12-5-7-14(8-6-12)23(24)25/h1-8,10-11,21H. The zero-order valence-corrected chi connectivity index (χ0v) is 14.0. The Morgan fingerprint density at radius 1 is 1.27 bits per heavy atom. The quantitative estimate of drug-likeness (QED) is 0.396. The lowest BCUT2D eigenvalue weighted by molar-refractivity contribution is -0.384. The molecule has 2 aromatic carbocycles. The van der Waals surface area contributed by atoms with Crippen molar-refractivity contribution >= 4 is 28.3 Å². The van der Waals surface area contributed by atoms with E-state index in [1.54, 1.807) is 35.7 Å². The minimum atomic E-state index is -0.471. The Morgan fingerprint density at radius 3 is 2.65 bits per heavy atom. The fraction of sp³-hybridized carbons (Fsp3) is 0. The highest BCUT2D eigenvalue weighted by Crippen LogP contribution is 2.27. The number of aromatic nitrogens is 1. The molecular formula is C18H11FN4O2S. The molecule has 0 atom stereocenters. The molecule has 6 nitrogen and oxygen atoms in total. The summed E-state index contributed by atoms with van der Waals surface area (Å²) in [6.45, 7) is 0. The number of para-hydroxylation sites is 1. The molecule has 0 amide bonds. The van der Waals surface area contributed by atoms with Crippen LogP contribution in [-0.4, -0.2) is 9.91 Å². The molecule has 1 aromatic heterocycles. The normalized spacial score (nSPS) is 11.0. The summed E-state index contributed by atoms with van der Waals surface area (Å²) in [4.78, 5) is 14.6. The summed E-state index contributed by atoms with van der Waals surface area (Å²) in [5, 5.41) is 25.0. The van der Waals surface area contributed by atoms with Crippen LogP contribution in [0.15, 0.2) is 60.1 Å². The number of benzene rings is 2. The smallest absolute Gasteiger partial charge is 0.269 e. The van der Waals surface area contributed by atoms with Crippen molar-refractivity contribution in [2.45, 2.75) is 0 Å². The highest BCUT2D eigenvalue weighted by molar-refractivity contribution is 7.11. The Kier molecular flexibility index (Phi) is 5.01. The van der Waals surface area contributed by atoms with Gasteiger partial charge in [0.05, 0.1) is 16.3 Å². The van der Waals surface area contributed by atoms with Gasteiger partial charge >= 0.3 is 0 Å². The van der Waals surface area contributed by atoms with E-state index in [0.717, 1.165) is 0 Å². The second-order valence-electron chi connectivity index (χ2n) is 5.14. The molecule has 0 aliphatic rings. The zero-order chi connectivity index (χ0) is 18.5. The Hall–Kier alpha value is -3.57. The largest absolute Gasteiger partial charge is 0.358 e. The second-order valence-corrected chi connectivity index (χ2v) is 5.99. The molecule has 128 valence electrons. The van der Waals surface area contributed by atoms with Gasteiger partial charge in [-0.2, -0.15) is 5.26 Å². The molecule has 0 aliphatic heterocycles. The van der Waals surface area contributed by atoms with Crippen molar-refractivity contribution in [3.05, 3.63) is 81.1 Å². The van der Waals surface area contributed by atoms with Crippen LogP contribution in [0.3, 0.4) is 0 Å². The third-order valence-electron chi connectivity index (χ3n) is 3.47. The number of hydrogen-bond acceptors (Lipinski definition) is 6. The minimum Gasteiger partial charge on any atom is -0.358 e. The van der Waals surface area contributed by atoms with E-state index in [1.807, 2.05) is 6.07 Å². The van der Waals surface area contributed by atoms with Crippen LogP contribution in [0.25, 0.3) is 16.8 Å². The Bertz CT molecular complexity index is 1020. The number of rotatable bonds is 5. The summed E-state index contributed by atoms with van der Waals surface area (Å²) in [5.74, 6) is -0.424. The number of nitrogens with one attached hydrogen (secondary N) is 1. The van der Waals surface area contributed by atoms with Gasteiger partial charge in [-0.3, -0.25) is 10.1 Å². The molecule has 0 unspecified atom stereocenters. The van der Waals surface area contributed by atoms with Gasteiger partial charge in [-0.15, -0.1) is 11.3 Å². The molecule has 3 rings (SSSR count). The second kappa shape index (κ2) is 7.55. The van der Waals surface area contributed by atoms with Crippen LogP contribution < -0.4 is 5.32 Å². The monoisotopic (exact) mass is 366 g/mol. The first-order valence-corrected chi connectivity index (χ1v) is 8.28. The molecule has 26 heavy (non-hydrogen) atoms. The van der Waals surface area contributed by atoms with Gasteiger partial charge in [-0.05, 0) is 24.3 Å². The van der Waals surface area contributed by atoms with Gasteiger partial charge in [-0.25, -0.2) is 9.37 Å². The Labute approximate surface area is 152 Å². The third kappa shape index (κ3) is 3.74. The van der Waals surface area contributed by atoms with E-state index >= 15 is 0 Å². The molecule has 8 heteroatoms. The van der Waals surface area contributed by atoms with E-state index in [0.29, 0.717) is 16.3 Å². The summed E-state index contributed by atoms with van der Waals surface area (Å²) in [6.07, 6.45) is 1.40. The van der Waals surface area contributed by atoms with E-state index in [1.165, 1.54) is 35.7 Å². The number of anilines is 1. The van der Waals surface area contributed by atoms with Crippen molar-refractivity contribution in [1.29, 1.82) is 5.26 Å². The van der Waals surface area contributed by atoms with Crippen LogP contribution in [-0.2, 0) is 0 Å². The van der Waals surface area contributed by atoms with Crippen molar-refractivity contribution in [1.82, 2.24) is 4.98 Å². The zero-order valence-electron chi connectivity index (χ0n) is 13.2. The maximum absolute atomic E-state index is 13.6. The van der Waals surface area contributed by atoms with Gasteiger partial charge in [0, 0.05) is 29.3 Å². The van der Waals surface area contributed by atoms with E-state index in [4.69, 9.17) is 0 Å². The average molecular weight is 366 g/mol. The number of nitro benzene ring substituents is 1. The number of allylic oxidation sites excluding steroid dienone is 1. The Morgan fingerprint density at radius 2 is 2.00 bits per heavy atom. The summed E-state index contributed by atoms with van der Waals surface area (Å²) in [6, 6.07) is 14.2. The van der Waals surface area contributed by atoms with Gasteiger partial charge in [0.25, 0.3) is 5.69 Å².